The first-order valence-corrected chi connectivity index (χ1v) is 7.65. The third-order valence-corrected chi connectivity index (χ3v) is 4.08. The summed E-state index contributed by atoms with van der Waals surface area (Å²) < 4.78 is 5.21. The number of phenols is 1. The number of aliphatic imine (C=N–C) groups is 1. The summed E-state index contributed by atoms with van der Waals surface area (Å²) in [6.45, 7) is 1.39. The molecule has 3 rings (SSSR count). The van der Waals surface area contributed by atoms with Crippen molar-refractivity contribution in [2.45, 2.75) is 13.0 Å². The second-order valence-electron chi connectivity index (χ2n) is 5.43. The highest BCUT2D eigenvalue weighted by atomic mass is 127. The van der Waals surface area contributed by atoms with Crippen LogP contribution in [0.4, 0.5) is 5.69 Å². The topological polar surface area (TPSA) is 57.1 Å². The normalized spacial score (nSPS) is 13.2. The van der Waals surface area contributed by atoms with Gasteiger partial charge in [0.15, 0.2) is 5.96 Å². The van der Waals surface area contributed by atoms with Crippen molar-refractivity contribution in [1.29, 1.82) is 0 Å². The molecular formula is C18H22IN3O2. The summed E-state index contributed by atoms with van der Waals surface area (Å²) >= 11 is 0. The van der Waals surface area contributed by atoms with Gasteiger partial charge in [-0.3, -0.25) is 4.99 Å². The highest BCUT2D eigenvalue weighted by molar-refractivity contribution is 14.0. The second kappa shape index (κ2) is 8.23. The van der Waals surface area contributed by atoms with Crippen molar-refractivity contribution < 1.29 is 9.84 Å². The fourth-order valence-corrected chi connectivity index (χ4v) is 2.86. The minimum Gasteiger partial charge on any atom is -0.508 e. The lowest BCUT2D eigenvalue weighted by atomic mass is 10.2. The van der Waals surface area contributed by atoms with E-state index in [0.29, 0.717) is 6.54 Å². The fourth-order valence-electron chi connectivity index (χ4n) is 2.86. The molecule has 0 fully saturated rings. The Bertz CT molecular complexity index is 734. The Hall–Kier alpha value is -1.96. The Morgan fingerprint density at radius 2 is 2.08 bits per heavy atom. The number of anilines is 1. The van der Waals surface area contributed by atoms with Gasteiger partial charge in [-0.05, 0) is 36.2 Å². The summed E-state index contributed by atoms with van der Waals surface area (Å²) in [5.74, 6) is 1.77. The van der Waals surface area contributed by atoms with Crippen LogP contribution in [0, 0.1) is 0 Å². The lowest BCUT2D eigenvalue weighted by molar-refractivity contribution is 0.410. The van der Waals surface area contributed by atoms with E-state index in [-0.39, 0.29) is 29.7 Å². The predicted molar refractivity (Wildman–Crippen MR) is 108 cm³/mol. The molecule has 2 aromatic carbocycles. The van der Waals surface area contributed by atoms with E-state index in [1.54, 1.807) is 26.3 Å². The largest absolute Gasteiger partial charge is 0.508 e. The summed E-state index contributed by atoms with van der Waals surface area (Å²) in [7, 11) is 3.39. The molecule has 0 unspecified atom stereocenters. The number of ether oxygens (including phenoxy) is 1. The van der Waals surface area contributed by atoms with E-state index in [1.165, 1.54) is 11.3 Å². The van der Waals surface area contributed by atoms with Gasteiger partial charge in [-0.15, -0.1) is 24.0 Å². The first-order valence-electron chi connectivity index (χ1n) is 7.65. The molecule has 5 nitrogen and oxygen atoms in total. The predicted octanol–water partition coefficient (Wildman–Crippen LogP) is 3.16. The minimum absolute atomic E-state index is 0. The van der Waals surface area contributed by atoms with Gasteiger partial charge in [0.1, 0.15) is 11.5 Å². The van der Waals surface area contributed by atoms with E-state index in [9.17, 15) is 5.11 Å². The average Bonchev–Trinajstić information content (AvgIpc) is 3.01. The molecule has 1 heterocycles. The standard InChI is InChI=1S/C18H21N3O2.HI/c1-19-18(21-10-9-13-5-3-4-6-16(13)21)20-12-14-11-15(23-2)7-8-17(14)22;/h3-8,11,22H,9-10,12H2,1-2H3,(H,19,20);1H. The van der Waals surface area contributed by atoms with Gasteiger partial charge in [0.2, 0.25) is 0 Å². The van der Waals surface area contributed by atoms with Crippen molar-refractivity contribution in [1.82, 2.24) is 5.32 Å². The molecule has 0 spiro atoms. The molecule has 0 atom stereocenters. The number of halogens is 1. The summed E-state index contributed by atoms with van der Waals surface area (Å²) in [6, 6.07) is 13.6. The van der Waals surface area contributed by atoms with Gasteiger partial charge in [-0.1, -0.05) is 18.2 Å². The lowest BCUT2D eigenvalue weighted by Crippen LogP contribution is -2.40. The average molecular weight is 439 g/mol. The van der Waals surface area contributed by atoms with Crippen LogP contribution in [-0.4, -0.2) is 31.8 Å². The number of para-hydroxylation sites is 1. The third-order valence-electron chi connectivity index (χ3n) is 4.08. The zero-order valence-electron chi connectivity index (χ0n) is 13.8. The quantitative estimate of drug-likeness (QED) is 0.439. The number of nitrogens with zero attached hydrogens (tertiary/aromatic N) is 2. The maximum absolute atomic E-state index is 9.99. The highest BCUT2D eigenvalue weighted by Gasteiger charge is 2.22. The molecule has 0 amide bonds. The molecule has 128 valence electrons. The van der Waals surface area contributed by atoms with E-state index >= 15 is 0 Å². The number of phenolic OH excluding ortho intramolecular Hbond substituents is 1. The van der Waals surface area contributed by atoms with Crippen LogP contribution in [0.5, 0.6) is 11.5 Å². The Morgan fingerprint density at radius 3 is 2.83 bits per heavy atom. The number of aromatic hydroxyl groups is 1. The van der Waals surface area contributed by atoms with Gasteiger partial charge >= 0.3 is 0 Å². The van der Waals surface area contributed by atoms with Crippen LogP contribution in [0.3, 0.4) is 0 Å². The molecule has 0 bridgehead atoms. The van der Waals surface area contributed by atoms with E-state index in [1.807, 2.05) is 12.1 Å². The number of methoxy groups -OCH3 is 1. The lowest BCUT2D eigenvalue weighted by Gasteiger charge is -2.22. The molecule has 2 aromatic rings. The van der Waals surface area contributed by atoms with Crippen LogP contribution in [-0.2, 0) is 13.0 Å². The number of hydrogen-bond acceptors (Lipinski definition) is 3. The van der Waals surface area contributed by atoms with Crippen molar-refractivity contribution >= 4 is 35.6 Å². The number of benzene rings is 2. The Labute approximate surface area is 159 Å². The number of hydrogen-bond donors (Lipinski definition) is 2. The zero-order chi connectivity index (χ0) is 16.2. The third kappa shape index (κ3) is 3.75. The monoisotopic (exact) mass is 439 g/mol. The van der Waals surface area contributed by atoms with Crippen LogP contribution in [0.15, 0.2) is 47.5 Å². The van der Waals surface area contributed by atoms with Crippen LogP contribution >= 0.6 is 24.0 Å². The van der Waals surface area contributed by atoms with Gasteiger partial charge in [0.05, 0.1) is 7.11 Å². The first kappa shape index (κ1) is 18.4. The van der Waals surface area contributed by atoms with Gasteiger partial charge in [0.25, 0.3) is 0 Å². The molecule has 0 saturated heterocycles. The summed E-state index contributed by atoms with van der Waals surface area (Å²) in [5.41, 5.74) is 3.30. The van der Waals surface area contributed by atoms with E-state index < -0.39 is 0 Å². The summed E-state index contributed by atoms with van der Waals surface area (Å²) in [5, 5.41) is 13.3. The molecule has 24 heavy (non-hydrogen) atoms. The van der Waals surface area contributed by atoms with Crippen LogP contribution < -0.4 is 15.0 Å². The summed E-state index contributed by atoms with van der Waals surface area (Å²) in [4.78, 5) is 6.55. The van der Waals surface area contributed by atoms with Crippen LogP contribution in [0.25, 0.3) is 0 Å². The van der Waals surface area contributed by atoms with E-state index in [2.05, 4.69) is 33.4 Å². The molecule has 2 N–H and O–H groups in total. The second-order valence-corrected chi connectivity index (χ2v) is 5.43. The van der Waals surface area contributed by atoms with Gasteiger partial charge < -0.3 is 20.1 Å². The van der Waals surface area contributed by atoms with Gasteiger partial charge in [-0.25, -0.2) is 0 Å². The number of nitrogens with one attached hydrogen (secondary N) is 1. The number of fused-ring (bicyclic) bond motifs is 1. The maximum Gasteiger partial charge on any atom is 0.198 e. The molecule has 0 radical (unpaired) electrons. The number of rotatable bonds is 3. The van der Waals surface area contributed by atoms with Gasteiger partial charge in [-0.2, -0.15) is 0 Å². The Kier molecular flexibility index (Phi) is 6.30. The molecule has 6 heteroatoms. The molecule has 1 aliphatic rings. The minimum atomic E-state index is 0. The number of guanidine groups is 1. The van der Waals surface area contributed by atoms with Crippen molar-refractivity contribution in [2.75, 3.05) is 25.6 Å². The molecule has 0 aromatic heterocycles. The molecule has 1 aliphatic heterocycles. The van der Waals surface area contributed by atoms with Crippen LogP contribution in [0.1, 0.15) is 11.1 Å². The molecule has 0 saturated carbocycles. The molecular weight excluding hydrogens is 417 g/mol. The maximum atomic E-state index is 9.99. The van der Waals surface area contributed by atoms with E-state index in [4.69, 9.17) is 4.74 Å². The SMILES string of the molecule is CN=C(NCc1cc(OC)ccc1O)N1CCc2ccccc21.I. The van der Waals surface area contributed by atoms with Gasteiger partial charge in [0, 0.05) is 31.4 Å². The molecule has 0 aliphatic carbocycles. The van der Waals surface area contributed by atoms with Crippen molar-refractivity contribution in [3.8, 4) is 11.5 Å². The van der Waals surface area contributed by atoms with Crippen molar-refractivity contribution in [3.05, 3.63) is 53.6 Å². The zero-order valence-corrected chi connectivity index (χ0v) is 16.2. The Morgan fingerprint density at radius 1 is 1.29 bits per heavy atom. The van der Waals surface area contributed by atoms with Crippen LogP contribution in [0.2, 0.25) is 0 Å². The first-order chi connectivity index (χ1) is 11.2. The van der Waals surface area contributed by atoms with Crippen molar-refractivity contribution in [3.63, 3.8) is 0 Å². The van der Waals surface area contributed by atoms with Crippen molar-refractivity contribution in [2.24, 2.45) is 4.99 Å². The van der Waals surface area contributed by atoms with E-state index in [0.717, 1.165) is 30.2 Å². The Balaban J connectivity index is 0.00000208. The smallest absolute Gasteiger partial charge is 0.198 e. The highest BCUT2D eigenvalue weighted by Crippen LogP contribution is 2.28. The fraction of sp³-hybridized carbons (Fsp3) is 0.278. The summed E-state index contributed by atoms with van der Waals surface area (Å²) in [6.07, 6.45) is 1.02.